The van der Waals surface area contributed by atoms with Gasteiger partial charge in [0, 0.05) is 30.8 Å². The van der Waals surface area contributed by atoms with Crippen LogP contribution in [0.4, 0.5) is 0 Å². The molecule has 0 amide bonds. The molecule has 2 atom stereocenters. The van der Waals surface area contributed by atoms with Gasteiger partial charge in [0.2, 0.25) is 0 Å². The highest BCUT2D eigenvalue weighted by molar-refractivity contribution is 5.85. The minimum Gasteiger partial charge on any atom is -0.481 e. The average molecular weight is 364 g/mol. The van der Waals surface area contributed by atoms with Crippen LogP contribution >= 0.6 is 0 Å². The Hall–Kier alpha value is -2.19. The van der Waals surface area contributed by atoms with Crippen molar-refractivity contribution < 1.29 is 9.90 Å². The molecule has 8 nitrogen and oxygen atoms in total. The fraction of sp³-hybridized carbons (Fsp3) is 0.611. The van der Waals surface area contributed by atoms with E-state index in [1.165, 1.54) is 17.7 Å². The molecule has 8 heteroatoms. The molecule has 2 rings (SSSR count). The van der Waals surface area contributed by atoms with Crippen molar-refractivity contribution in [3.8, 4) is 0 Å². The Labute approximate surface area is 155 Å². The Kier molecular flexibility index (Phi) is 9.61. The van der Waals surface area contributed by atoms with E-state index in [9.17, 15) is 4.79 Å². The number of aromatic nitrogens is 1. The van der Waals surface area contributed by atoms with Crippen molar-refractivity contribution in [3.63, 3.8) is 0 Å². The third-order valence-electron chi connectivity index (χ3n) is 4.28. The molecule has 7 N–H and O–H groups in total. The number of carboxylic acids is 1. The van der Waals surface area contributed by atoms with E-state index in [0.717, 1.165) is 13.1 Å². The van der Waals surface area contributed by atoms with Gasteiger partial charge in [0.05, 0.1) is 5.92 Å². The lowest BCUT2D eigenvalue weighted by Crippen LogP contribution is -2.34. The van der Waals surface area contributed by atoms with Crippen LogP contribution in [0.15, 0.2) is 23.4 Å². The van der Waals surface area contributed by atoms with Crippen molar-refractivity contribution in [3.05, 3.63) is 29.6 Å². The van der Waals surface area contributed by atoms with Gasteiger partial charge in [0.25, 0.3) is 0 Å². The number of pyridine rings is 1. The van der Waals surface area contributed by atoms with E-state index in [4.69, 9.17) is 16.8 Å². The first-order chi connectivity index (χ1) is 12.4. The summed E-state index contributed by atoms with van der Waals surface area (Å²) in [7, 11) is 0. The highest BCUT2D eigenvalue weighted by Gasteiger charge is 2.21. The summed E-state index contributed by atoms with van der Waals surface area (Å²) in [5, 5.41) is 15.6. The van der Waals surface area contributed by atoms with Crippen LogP contribution in [0.25, 0.3) is 0 Å². The number of carbonyl (C=O) groups is 1. The Morgan fingerprint density at radius 1 is 1.50 bits per heavy atom. The maximum Gasteiger partial charge on any atom is 0.306 e. The fourth-order valence-corrected chi connectivity index (χ4v) is 2.85. The summed E-state index contributed by atoms with van der Waals surface area (Å²) >= 11 is 0. The summed E-state index contributed by atoms with van der Waals surface area (Å²) < 4.78 is 0. The van der Waals surface area contributed by atoms with E-state index in [0.29, 0.717) is 24.1 Å². The number of carboxylic acid groups (broad SMARTS) is 1. The molecular formula is C18H32N6O2. The van der Waals surface area contributed by atoms with Gasteiger partial charge in [-0.25, -0.2) is 5.84 Å². The SMILES string of the molecule is CC(C)CC(C/C(=N/N)NN)C(=O)O.Cc1ccc(C2CCNC2)nc1. The van der Waals surface area contributed by atoms with Crippen LogP contribution in [0.2, 0.25) is 0 Å². The largest absolute Gasteiger partial charge is 0.481 e. The highest BCUT2D eigenvalue weighted by atomic mass is 16.4. The first-order valence-electron chi connectivity index (χ1n) is 8.96. The Balaban J connectivity index is 0.000000262. The zero-order valence-corrected chi connectivity index (χ0v) is 15.9. The molecule has 146 valence electrons. The summed E-state index contributed by atoms with van der Waals surface area (Å²) in [6.07, 6.45) is 4.00. The van der Waals surface area contributed by atoms with Gasteiger partial charge in [-0.1, -0.05) is 19.9 Å². The molecule has 0 saturated carbocycles. The molecule has 2 heterocycles. The first-order valence-corrected chi connectivity index (χ1v) is 8.96. The van der Waals surface area contributed by atoms with Crippen molar-refractivity contribution in [2.75, 3.05) is 13.1 Å². The van der Waals surface area contributed by atoms with Gasteiger partial charge in [-0.05, 0) is 43.9 Å². The molecule has 1 aromatic heterocycles. The lowest BCUT2D eigenvalue weighted by Gasteiger charge is -2.14. The number of nitrogens with two attached hydrogens (primary N) is 2. The molecule has 0 bridgehead atoms. The Bertz CT molecular complexity index is 568. The predicted octanol–water partition coefficient (Wildman–Crippen LogP) is 1.33. The van der Waals surface area contributed by atoms with Crippen molar-refractivity contribution in [1.82, 2.24) is 15.7 Å². The number of amidine groups is 1. The molecule has 0 spiro atoms. The normalized spacial score (nSPS) is 18.2. The van der Waals surface area contributed by atoms with Gasteiger partial charge < -0.3 is 21.7 Å². The number of hydrogen-bond acceptors (Lipinski definition) is 6. The second-order valence-corrected chi connectivity index (χ2v) is 7.04. The number of aliphatic carboxylic acids is 1. The minimum absolute atomic E-state index is 0.237. The third kappa shape index (κ3) is 7.79. The van der Waals surface area contributed by atoms with Gasteiger partial charge in [0.15, 0.2) is 0 Å². The second kappa shape index (κ2) is 11.4. The molecular weight excluding hydrogens is 332 g/mol. The van der Waals surface area contributed by atoms with E-state index < -0.39 is 11.9 Å². The fourth-order valence-electron chi connectivity index (χ4n) is 2.85. The zero-order chi connectivity index (χ0) is 19.5. The number of aryl methyl sites for hydroxylation is 1. The van der Waals surface area contributed by atoms with Gasteiger partial charge in [-0.3, -0.25) is 9.78 Å². The zero-order valence-electron chi connectivity index (χ0n) is 15.9. The van der Waals surface area contributed by atoms with Crippen molar-refractivity contribution in [2.24, 2.45) is 28.6 Å². The van der Waals surface area contributed by atoms with Crippen LogP contribution in [0.1, 0.15) is 50.3 Å². The number of nitrogens with zero attached hydrogens (tertiary/aromatic N) is 2. The van der Waals surface area contributed by atoms with Gasteiger partial charge in [-0.2, -0.15) is 5.10 Å². The van der Waals surface area contributed by atoms with Crippen LogP contribution in [0, 0.1) is 18.8 Å². The maximum absolute atomic E-state index is 10.8. The Morgan fingerprint density at radius 3 is 2.65 bits per heavy atom. The van der Waals surface area contributed by atoms with Crippen LogP contribution < -0.4 is 22.4 Å². The summed E-state index contributed by atoms with van der Waals surface area (Å²) in [6, 6.07) is 4.29. The summed E-state index contributed by atoms with van der Waals surface area (Å²) in [5.74, 6) is 10.0. The predicted molar refractivity (Wildman–Crippen MR) is 103 cm³/mol. The molecule has 0 aliphatic carbocycles. The van der Waals surface area contributed by atoms with E-state index in [2.05, 4.69) is 39.9 Å². The highest BCUT2D eigenvalue weighted by Crippen LogP contribution is 2.19. The molecule has 1 saturated heterocycles. The number of hydrazone groups is 1. The van der Waals surface area contributed by atoms with E-state index in [1.54, 1.807) is 0 Å². The van der Waals surface area contributed by atoms with Crippen molar-refractivity contribution in [2.45, 2.75) is 46.0 Å². The molecule has 0 radical (unpaired) electrons. The molecule has 0 aromatic carbocycles. The summed E-state index contributed by atoms with van der Waals surface area (Å²) in [5.41, 5.74) is 4.75. The Morgan fingerprint density at radius 2 is 2.23 bits per heavy atom. The molecule has 2 unspecified atom stereocenters. The number of rotatable bonds is 6. The van der Waals surface area contributed by atoms with Crippen LogP contribution in [-0.4, -0.2) is 35.0 Å². The molecule has 1 aromatic rings. The average Bonchev–Trinajstić information content (AvgIpc) is 3.14. The van der Waals surface area contributed by atoms with Crippen LogP contribution in [-0.2, 0) is 4.79 Å². The maximum atomic E-state index is 10.8. The quantitative estimate of drug-likeness (QED) is 0.222. The summed E-state index contributed by atoms with van der Waals surface area (Å²) in [4.78, 5) is 15.3. The molecule has 1 fully saturated rings. The minimum atomic E-state index is -0.852. The van der Waals surface area contributed by atoms with Crippen LogP contribution in [0.5, 0.6) is 0 Å². The monoisotopic (exact) mass is 364 g/mol. The van der Waals surface area contributed by atoms with Gasteiger partial charge in [0.1, 0.15) is 5.84 Å². The third-order valence-corrected chi connectivity index (χ3v) is 4.28. The first kappa shape index (κ1) is 21.9. The number of nitrogens with one attached hydrogen (secondary N) is 2. The molecule has 1 aliphatic rings. The smallest absolute Gasteiger partial charge is 0.306 e. The van der Waals surface area contributed by atoms with Gasteiger partial charge >= 0.3 is 5.97 Å². The van der Waals surface area contributed by atoms with E-state index in [-0.39, 0.29) is 6.42 Å². The number of hydrogen-bond donors (Lipinski definition) is 5. The van der Waals surface area contributed by atoms with Crippen molar-refractivity contribution >= 4 is 11.8 Å². The topological polar surface area (TPSA) is 139 Å². The standard InChI is InChI=1S/C10H14N2.C8H18N4O2/c1-8-2-3-10(12-6-8)9-4-5-11-7-9;1-5(2)3-6(8(13)14)4-7(11-9)12-10/h2-3,6,9,11H,4-5,7H2,1H3;5-6H,3-4,9-10H2,1-2H3,(H,11,12)(H,13,14). The number of hydrazine groups is 1. The lowest BCUT2D eigenvalue weighted by molar-refractivity contribution is -0.142. The second-order valence-electron chi connectivity index (χ2n) is 7.04. The molecule has 1 aliphatic heterocycles. The van der Waals surface area contributed by atoms with Crippen molar-refractivity contribution in [1.29, 1.82) is 0 Å². The lowest BCUT2D eigenvalue weighted by atomic mass is 9.94. The molecule has 26 heavy (non-hydrogen) atoms. The van der Waals surface area contributed by atoms with E-state index >= 15 is 0 Å². The van der Waals surface area contributed by atoms with Crippen LogP contribution in [0.3, 0.4) is 0 Å². The summed E-state index contributed by atoms with van der Waals surface area (Å²) in [6.45, 7) is 8.23. The van der Waals surface area contributed by atoms with E-state index in [1.807, 2.05) is 20.0 Å². The van der Waals surface area contributed by atoms with Gasteiger partial charge in [-0.15, -0.1) is 0 Å².